The molecule has 2 rings (SSSR count). The molecule has 9 nitrogen and oxygen atoms in total. The van der Waals surface area contributed by atoms with E-state index in [9.17, 15) is 20.3 Å². The van der Waals surface area contributed by atoms with Crippen LogP contribution in [-0.2, 0) is 13.2 Å². The summed E-state index contributed by atoms with van der Waals surface area (Å²) < 4.78 is 1.38. The Morgan fingerprint density at radius 2 is 2.27 bits per heavy atom. The van der Waals surface area contributed by atoms with Gasteiger partial charge in [0.1, 0.15) is 18.1 Å². The van der Waals surface area contributed by atoms with Gasteiger partial charge in [-0.2, -0.15) is 0 Å². The summed E-state index contributed by atoms with van der Waals surface area (Å²) in [4.78, 5) is 21.9. The van der Waals surface area contributed by atoms with E-state index in [1.165, 1.54) is 29.4 Å². The quantitative estimate of drug-likeness (QED) is 0.462. The van der Waals surface area contributed by atoms with Crippen LogP contribution >= 0.6 is 0 Å². The van der Waals surface area contributed by atoms with Crippen molar-refractivity contribution >= 4 is 12.2 Å². The molecular formula is C13H15N5O4. The second kappa shape index (κ2) is 6.76. The highest BCUT2D eigenvalue weighted by Gasteiger charge is 2.13. The van der Waals surface area contributed by atoms with Crippen molar-refractivity contribution in [3.05, 3.63) is 45.5 Å². The number of aromatic hydroxyl groups is 1. The van der Waals surface area contributed by atoms with Gasteiger partial charge in [-0.05, 0) is 11.8 Å². The molecule has 0 amide bonds. The van der Waals surface area contributed by atoms with Crippen molar-refractivity contribution < 1.29 is 15.1 Å². The number of aliphatic hydroxyl groups is 1. The molecule has 116 valence electrons. The molecule has 0 atom stereocenters. The van der Waals surface area contributed by atoms with Gasteiger partial charge in [0, 0.05) is 23.5 Å². The topological polar surface area (TPSA) is 127 Å². The van der Waals surface area contributed by atoms with Gasteiger partial charge in [0.25, 0.3) is 0 Å². The highest BCUT2D eigenvalue weighted by molar-refractivity contribution is 5.85. The zero-order chi connectivity index (χ0) is 16.1. The number of aryl methyl sites for hydroxylation is 1. The standard InChI is InChI=1S/C13H15N5O4/c1-9-12(20)11(10(8-19)6-16-9)7-14-2-4-17-5-3-15-13(17)18(21)22/h3,5-7,19-20H,2,4,8H2,1H3. The van der Waals surface area contributed by atoms with E-state index in [1.807, 2.05) is 0 Å². The van der Waals surface area contributed by atoms with Crippen LogP contribution in [0.25, 0.3) is 0 Å². The van der Waals surface area contributed by atoms with Gasteiger partial charge in [-0.15, -0.1) is 0 Å². The lowest BCUT2D eigenvalue weighted by Gasteiger charge is -2.06. The van der Waals surface area contributed by atoms with Crippen LogP contribution in [0.2, 0.25) is 0 Å². The lowest BCUT2D eigenvalue weighted by atomic mass is 10.1. The highest BCUT2D eigenvalue weighted by Crippen LogP contribution is 2.21. The molecule has 0 radical (unpaired) electrons. The molecule has 0 spiro atoms. The molecule has 0 aromatic carbocycles. The van der Waals surface area contributed by atoms with Crippen molar-refractivity contribution in [1.82, 2.24) is 14.5 Å². The van der Waals surface area contributed by atoms with Crippen LogP contribution in [0.15, 0.2) is 23.6 Å². The van der Waals surface area contributed by atoms with E-state index in [1.54, 1.807) is 6.92 Å². The van der Waals surface area contributed by atoms with Crippen molar-refractivity contribution in [2.24, 2.45) is 4.99 Å². The van der Waals surface area contributed by atoms with Crippen molar-refractivity contribution in [1.29, 1.82) is 0 Å². The van der Waals surface area contributed by atoms with Gasteiger partial charge >= 0.3 is 5.95 Å². The van der Waals surface area contributed by atoms with E-state index in [0.717, 1.165) is 0 Å². The number of nitro groups is 1. The highest BCUT2D eigenvalue weighted by atomic mass is 16.6. The molecule has 0 fully saturated rings. The lowest BCUT2D eigenvalue weighted by molar-refractivity contribution is -0.396. The summed E-state index contributed by atoms with van der Waals surface area (Å²) in [5, 5.41) is 29.9. The van der Waals surface area contributed by atoms with E-state index >= 15 is 0 Å². The summed E-state index contributed by atoms with van der Waals surface area (Å²) in [6, 6.07) is 0. The second-order valence-corrected chi connectivity index (χ2v) is 4.50. The van der Waals surface area contributed by atoms with Crippen molar-refractivity contribution in [2.75, 3.05) is 6.54 Å². The Morgan fingerprint density at radius 1 is 1.50 bits per heavy atom. The Kier molecular flexibility index (Phi) is 4.79. The van der Waals surface area contributed by atoms with Crippen LogP contribution < -0.4 is 0 Å². The molecule has 0 bridgehead atoms. The fourth-order valence-corrected chi connectivity index (χ4v) is 1.89. The average Bonchev–Trinajstić information content (AvgIpc) is 2.96. The Labute approximate surface area is 125 Å². The van der Waals surface area contributed by atoms with Crippen molar-refractivity contribution in [2.45, 2.75) is 20.1 Å². The molecule has 0 saturated heterocycles. The fourth-order valence-electron chi connectivity index (χ4n) is 1.89. The van der Waals surface area contributed by atoms with Crippen LogP contribution in [0, 0.1) is 17.0 Å². The third kappa shape index (κ3) is 3.26. The number of hydrogen-bond donors (Lipinski definition) is 2. The van der Waals surface area contributed by atoms with Gasteiger partial charge in [-0.1, -0.05) is 4.98 Å². The van der Waals surface area contributed by atoms with E-state index in [2.05, 4.69) is 15.0 Å². The van der Waals surface area contributed by atoms with Crippen molar-refractivity contribution in [3.8, 4) is 5.75 Å². The maximum absolute atomic E-state index is 10.7. The minimum atomic E-state index is -0.564. The monoisotopic (exact) mass is 305 g/mol. The maximum atomic E-state index is 10.7. The number of nitrogens with zero attached hydrogens (tertiary/aromatic N) is 5. The Balaban J connectivity index is 2.09. The van der Waals surface area contributed by atoms with E-state index in [0.29, 0.717) is 16.8 Å². The number of aliphatic hydroxyl groups excluding tert-OH is 1. The van der Waals surface area contributed by atoms with Crippen LogP contribution in [0.3, 0.4) is 0 Å². The first-order valence-electron chi connectivity index (χ1n) is 6.48. The number of hydrogen-bond acceptors (Lipinski definition) is 7. The van der Waals surface area contributed by atoms with Gasteiger partial charge in [0.05, 0.1) is 25.4 Å². The molecule has 2 N–H and O–H groups in total. The van der Waals surface area contributed by atoms with Gasteiger partial charge in [-0.25, -0.2) is 4.57 Å². The summed E-state index contributed by atoms with van der Waals surface area (Å²) >= 11 is 0. The van der Waals surface area contributed by atoms with Crippen LogP contribution in [0.1, 0.15) is 16.8 Å². The largest absolute Gasteiger partial charge is 0.505 e. The van der Waals surface area contributed by atoms with Crippen LogP contribution in [0.4, 0.5) is 5.95 Å². The number of aliphatic imine (C=N–C) groups is 1. The summed E-state index contributed by atoms with van der Waals surface area (Å²) in [7, 11) is 0. The SMILES string of the molecule is Cc1ncc(CO)c(C=NCCn2ccnc2[N+](=O)[O-])c1O. The fraction of sp³-hybridized carbons (Fsp3) is 0.308. The predicted octanol–water partition coefficient (Wildman–Crippen LogP) is 0.812. The zero-order valence-corrected chi connectivity index (χ0v) is 11.9. The van der Waals surface area contributed by atoms with Gasteiger partial charge in [-0.3, -0.25) is 9.98 Å². The molecule has 0 saturated carbocycles. The van der Waals surface area contributed by atoms with E-state index < -0.39 is 4.92 Å². The second-order valence-electron chi connectivity index (χ2n) is 4.50. The Bertz CT molecular complexity index is 710. The smallest absolute Gasteiger partial charge is 0.434 e. The number of pyridine rings is 1. The van der Waals surface area contributed by atoms with E-state index in [-0.39, 0.29) is 31.4 Å². The van der Waals surface area contributed by atoms with Gasteiger partial charge < -0.3 is 20.3 Å². The molecule has 0 aliphatic heterocycles. The number of rotatable bonds is 6. The molecule has 22 heavy (non-hydrogen) atoms. The average molecular weight is 305 g/mol. The van der Waals surface area contributed by atoms with Crippen LogP contribution in [-0.4, -0.2) is 42.4 Å². The molecule has 0 aliphatic rings. The predicted molar refractivity (Wildman–Crippen MR) is 77.9 cm³/mol. The Morgan fingerprint density at radius 3 is 2.95 bits per heavy atom. The van der Waals surface area contributed by atoms with E-state index in [4.69, 9.17) is 0 Å². The minimum Gasteiger partial charge on any atom is -0.505 e. The molecule has 0 aliphatic carbocycles. The third-order valence-electron chi connectivity index (χ3n) is 3.08. The van der Waals surface area contributed by atoms with Gasteiger partial charge in [0.15, 0.2) is 0 Å². The summed E-state index contributed by atoms with van der Waals surface area (Å²) in [5.41, 5.74) is 1.29. The molecule has 9 heteroatoms. The normalized spacial score (nSPS) is 11.2. The zero-order valence-electron chi connectivity index (χ0n) is 11.9. The number of aromatic nitrogens is 3. The molecule has 2 heterocycles. The summed E-state index contributed by atoms with van der Waals surface area (Å²) in [6.45, 7) is 1.92. The molecule has 0 unspecified atom stereocenters. The molecular weight excluding hydrogens is 290 g/mol. The summed E-state index contributed by atoms with van der Waals surface area (Å²) in [6.07, 6.45) is 5.75. The molecule has 2 aromatic rings. The lowest BCUT2D eigenvalue weighted by Crippen LogP contribution is -2.05. The Hall–Kier alpha value is -2.81. The maximum Gasteiger partial charge on any atom is 0.434 e. The first-order valence-corrected chi connectivity index (χ1v) is 6.48. The molecule has 2 aromatic heterocycles. The van der Waals surface area contributed by atoms with Gasteiger partial charge in [0.2, 0.25) is 0 Å². The van der Waals surface area contributed by atoms with Crippen molar-refractivity contribution in [3.63, 3.8) is 0 Å². The number of imidazole rings is 1. The summed E-state index contributed by atoms with van der Waals surface area (Å²) in [5.74, 6) is -0.280. The minimum absolute atomic E-state index is 0.0380. The third-order valence-corrected chi connectivity index (χ3v) is 3.08. The first-order chi connectivity index (χ1) is 10.5. The first kappa shape index (κ1) is 15.6. The van der Waals surface area contributed by atoms with Crippen LogP contribution in [0.5, 0.6) is 5.75 Å².